The second-order valence-electron chi connectivity index (χ2n) is 4.52. The van der Waals surface area contributed by atoms with E-state index < -0.39 is 17.4 Å². The van der Waals surface area contributed by atoms with Gasteiger partial charge in [-0.25, -0.2) is 4.79 Å². The maximum Gasteiger partial charge on any atom is 0.319 e. The topological polar surface area (TPSA) is 78.4 Å². The summed E-state index contributed by atoms with van der Waals surface area (Å²) in [7, 11) is 0. The van der Waals surface area contributed by atoms with Crippen LogP contribution < -0.4 is 10.6 Å². The molecule has 0 saturated heterocycles. The number of carboxylic acid groups (broad SMARTS) is 1. The lowest BCUT2D eigenvalue weighted by Crippen LogP contribution is -2.36. The highest BCUT2D eigenvalue weighted by atomic mass is 79.9. The molecule has 1 saturated carbocycles. The van der Waals surface area contributed by atoms with Crippen LogP contribution in [0.1, 0.15) is 12.8 Å². The standard InChI is InChI=1S/C12H12BrClN2O3/c13-7-1-2-9(8(14)5-7)16-11(19)15-6-12(3-4-12)10(17)18/h1-2,5H,3-4,6H2,(H,17,18)(H2,15,16,19). The second-order valence-corrected chi connectivity index (χ2v) is 5.84. The first-order valence-electron chi connectivity index (χ1n) is 5.66. The van der Waals surface area contributed by atoms with Crippen LogP contribution in [0.25, 0.3) is 0 Å². The van der Waals surface area contributed by atoms with Crippen molar-refractivity contribution in [2.24, 2.45) is 5.41 Å². The van der Waals surface area contributed by atoms with E-state index in [9.17, 15) is 9.59 Å². The van der Waals surface area contributed by atoms with Crippen molar-refractivity contribution < 1.29 is 14.7 Å². The molecule has 0 heterocycles. The first-order valence-corrected chi connectivity index (χ1v) is 6.83. The quantitative estimate of drug-likeness (QED) is 0.783. The van der Waals surface area contributed by atoms with Crippen molar-refractivity contribution in [2.75, 3.05) is 11.9 Å². The molecule has 19 heavy (non-hydrogen) atoms. The van der Waals surface area contributed by atoms with Crippen molar-refractivity contribution in [3.8, 4) is 0 Å². The lowest BCUT2D eigenvalue weighted by Gasteiger charge is -2.12. The van der Waals surface area contributed by atoms with Crippen LogP contribution >= 0.6 is 27.5 Å². The first kappa shape index (κ1) is 14.1. The molecule has 0 radical (unpaired) electrons. The van der Waals surface area contributed by atoms with Crippen LogP contribution in [0.3, 0.4) is 0 Å². The molecule has 1 aromatic carbocycles. The van der Waals surface area contributed by atoms with E-state index in [-0.39, 0.29) is 6.54 Å². The van der Waals surface area contributed by atoms with E-state index in [4.69, 9.17) is 16.7 Å². The SMILES string of the molecule is O=C(NCC1(C(=O)O)CC1)Nc1ccc(Br)cc1Cl. The van der Waals surface area contributed by atoms with Crippen molar-refractivity contribution in [1.82, 2.24) is 5.32 Å². The summed E-state index contributed by atoms with van der Waals surface area (Å²) < 4.78 is 0.811. The van der Waals surface area contributed by atoms with Gasteiger partial charge in [0.25, 0.3) is 0 Å². The number of amides is 2. The predicted molar refractivity (Wildman–Crippen MR) is 75.5 cm³/mol. The fourth-order valence-corrected chi connectivity index (χ4v) is 2.34. The summed E-state index contributed by atoms with van der Waals surface area (Å²) >= 11 is 9.23. The van der Waals surface area contributed by atoms with Crippen molar-refractivity contribution in [2.45, 2.75) is 12.8 Å². The minimum Gasteiger partial charge on any atom is -0.481 e. The van der Waals surface area contributed by atoms with Gasteiger partial charge in [0, 0.05) is 11.0 Å². The minimum atomic E-state index is -0.866. The molecule has 7 heteroatoms. The van der Waals surface area contributed by atoms with Gasteiger partial charge in [0.15, 0.2) is 0 Å². The third-order valence-corrected chi connectivity index (χ3v) is 3.88. The van der Waals surface area contributed by atoms with Crippen LogP contribution in [0.5, 0.6) is 0 Å². The van der Waals surface area contributed by atoms with Crippen molar-refractivity contribution in [1.29, 1.82) is 0 Å². The number of hydrogen-bond donors (Lipinski definition) is 3. The molecule has 2 amide bonds. The highest BCUT2D eigenvalue weighted by Crippen LogP contribution is 2.45. The van der Waals surface area contributed by atoms with Crippen LogP contribution in [0, 0.1) is 5.41 Å². The Bertz CT molecular complexity index is 532. The number of aliphatic carboxylic acids is 1. The molecule has 0 spiro atoms. The molecule has 0 atom stereocenters. The summed E-state index contributed by atoms with van der Waals surface area (Å²) in [5.74, 6) is -0.866. The van der Waals surface area contributed by atoms with Gasteiger partial charge in [-0.15, -0.1) is 0 Å². The zero-order valence-corrected chi connectivity index (χ0v) is 12.2. The van der Waals surface area contributed by atoms with Crippen LogP contribution in [0.4, 0.5) is 10.5 Å². The van der Waals surface area contributed by atoms with E-state index in [0.717, 1.165) is 4.47 Å². The highest BCUT2D eigenvalue weighted by Gasteiger charge is 2.50. The van der Waals surface area contributed by atoms with E-state index in [0.29, 0.717) is 23.6 Å². The molecule has 5 nitrogen and oxygen atoms in total. The summed E-state index contributed by atoms with van der Waals surface area (Å²) in [6.45, 7) is 0.127. The Hall–Kier alpha value is -1.27. The van der Waals surface area contributed by atoms with E-state index in [1.54, 1.807) is 18.2 Å². The molecule has 2 rings (SSSR count). The Balaban J connectivity index is 1.89. The van der Waals surface area contributed by atoms with Crippen LogP contribution in [-0.2, 0) is 4.79 Å². The maximum absolute atomic E-state index is 11.7. The second kappa shape index (κ2) is 5.38. The Labute approximate surface area is 123 Å². The van der Waals surface area contributed by atoms with Crippen molar-refractivity contribution >= 4 is 45.2 Å². The van der Waals surface area contributed by atoms with Gasteiger partial charge in [-0.3, -0.25) is 4.79 Å². The van der Waals surface area contributed by atoms with Crippen molar-refractivity contribution in [3.05, 3.63) is 27.7 Å². The molecular formula is C12H12BrClN2O3. The number of benzene rings is 1. The number of anilines is 1. The van der Waals surface area contributed by atoms with Gasteiger partial charge in [0.1, 0.15) is 0 Å². The number of hydrogen-bond acceptors (Lipinski definition) is 2. The molecule has 0 aromatic heterocycles. The number of halogens is 2. The van der Waals surface area contributed by atoms with Gasteiger partial charge in [0.05, 0.1) is 16.1 Å². The molecule has 0 bridgehead atoms. The average molecular weight is 348 g/mol. The van der Waals surface area contributed by atoms with Gasteiger partial charge in [-0.1, -0.05) is 27.5 Å². The van der Waals surface area contributed by atoms with Crippen molar-refractivity contribution in [3.63, 3.8) is 0 Å². The fourth-order valence-electron chi connectivity index (χ4n) is 1.62. The number of nitrogens with one attached hydrogen (secondary N) is 2. The van der Waals surface area contributed by atoms with Gasteiger partial charge in [0.2, 0.25) is 0 Å². The monoisotopic (exact) mass is 346 g/mol. The largest absolute Gasteiger partial charge is 0.481 e. The predicted octanol–water partition coefficient (Wildman–Crippen LogP) is 3.09. The Kier molecular flexibility index (Phi) is 4.01. The Morgan fingerprint density at radius 1 is 1.42 bits per heavy atom. The highest BCUT2D eigenvalue weighted by molar-refractivity contribution is 9.10. The molecule has 102 valence electrons. The van der Waals surface area contributed by atoms with Crippen LogP contribution in [0.2, 0.25) is 5.02 Å². The molecule has 1 aliphatic rings. The summed E-state index contributed by atoms with van der Waals surface area (Å²) in [6, 6.07) is 4.62. The lowest BCUT2D eigenvalue weighted by atomic mass is 10.1. The molecule has 1 aliphatic carbocycles. The minimum absolute atomic E-state index is 0.127. The summed E-state index contributed by atoms with van der Waals surface area (Å²) in [5, 5.41) is 14.5. The molecule has 0 unspecified atom stereocenters. The average Bonchev–Trinajstić information content (AvgIpc) is 3.11. The summed E-state index contributed by atoms with van der Waals surface area (Å²) in [4.78, 5) is 22.6. The van der Waals surface area contributed by atoms with Gasteiger partial charge in [-0.2, -0.15) is 0 Å². The number of carboxylic acids is 1. The zero-order chi connectivity index (χ0) is 14.0. The first-order chi connectivity index (χ1) is 8.93. The molecule has 0 aliphatic heterocycles. The van der Waals surface area contributed by atoms with Gasteiger partial charge < -0.3 is 15.7 Å². The summed E-state index contributed by atoms with van der Waals surface area (Å²) in [5.41, 5.74) is -0.302. The molecule has 1 aromatic rings. The van der Waals surface area contributed by atoms with Gasteiger partial charge in [-0.05, 0) is 31.0 Å². The number of rotatable bonds is 4. The Morgan fingerprint density at radius 3 is 2.63 bits per heavy atom. The maximum atomic E-state index is 11.7. The normalized spacial score (nSPS) is 15.7. The molecular weight excluding hydrogens is 336 g/mol. The van der Waals surface area contributed by atoms with Gasteiger partial charge >= 0.3 is 12.0 Å². The van der Waals surface area contributed by atoms with E-state index in [1.807, 2.05) is 0 Å². The molecule has 1 fully saturated rings. The van der Waals surface area contributed by atoms with E-state index >= 15 is 0 Å². The van der Waals surface area contributed by atoms with Crippen LogP contribution in [-0.4, -0.2) is 23.7 Å². The number of carbonyl (C=O) groups excluding carboxylic acids is 1. The number of urea groups is 1. The van der Waals surface area contributed by atoms with E-state index in [1.165, 1.54) is 0 Å². The van der Waals surface area contributed by atoms with E-state index in [2.05, 4.69) is 26.6 Å². The molecule has 3 N–H and O–H groups in total. The van der Waals surface area contributed by atoms with Crippen LogP contribution in [0.15, 0.2) is 22.7 Å². The summed E-state index contributed by atoms with van der Waals surface area (Å²) in [6.07, 6.45) is 1.20. The number of carbonyl (C=O) groups is 2. The zero-order valence-electron chi connectivity index (χ0n) is 9.87. The Morgan fingerprint density at radius 2 is 2.11 bits per heavy atom. The lowest BCUT2D eigenvalue weighted by molar-refractivity contribution is -0.143. The third kappa shape index (κ3) is 3.39. The fraction of sp³-hybridized carbons (Fsp3) is 0.333. The third-order valence-electron chi connectivity index (χ3n) is 3.07. The smallest absolute Gasteiger partial charge is 0.319 e.